The van der Waals surface area contributed by atoms with Gasteiger partial charge in [0, 0.05) is 6.42 Å². The number of hydrogen-bond acceptors (Lipinski definition) is 1. The van der Waals surface area contributed by atoms with Crippen molar-refractivity contribution < 1.29 is 9.58 Å². The maximum atomic E-state index is 11.5. The van der Waals surface area contributed by atoms with Gasteiger partial charge in [0.05, 0.1) is 0 Å². The summed E-state index contributed by atoms with van der Waals surface area (Å²) in [5.74, 6) is 1.97. The Balaban J connectivity index is 2.09. The number of Topliss-reactive ketones (excluding diaryl/α,β-unsaturated/α-hetero) is 1. The zero-order chi connectivity index (χ0) is 11.1. The number of carbonyl (C=O) groups is 1. The molecule has 0 aromatic rings. The summed E-state index contributed by atoms with van der Waals surface area (Å²) >= 11 is 0. The number of hydrogen-bond donors (Lipinski definition) is 0. The van der Waals surface area contributed by atoms with Gasteiger partial charge in [-0.15, -0.1) is 0 Å². The van der Waals surface area contributed by atoms with Gasteiger partial charge in [0.25, 0.3) is 0 Å². The summed E-state index contributed by atoms with van der Waals surface area (Å²) in [6.45, 7) is 4.57. The number of ketones is 1. The summed E-state index contributed by atoms with van der Waals surface area (Å²) in [7, 11) is 0. The Morgan fingerprint density at radius 2 is 2.27 bits per heavy atom. The maximum Gasteiger partial charge on any atom is 0.323 e. The Labute approximate surface area is 90.5 Å². The van der Waals surface area contributed by atoms with Gasteiger partial charge in [-0.25, -0.2) is 0 Å². The van der Waals surface area contributed by atoms with E-state index in [1.807, 2.05) is 0 Å². The zero-order valence-corrected chi connectivity index (χ0v) is 9.44. The number of fused-ring (bicyclic) bond motifs is 2. The zero-order valence-electron chi connectivity index (χ0n) is 9.44. The molecule has 0 aliphatic heterocycles. The summed E-state index contributed by atoms with van der Waals surface area (Å²) in [5, 5.41) is 0. The van der Waals surface area contributed by atoms with Crippen LogP contribution in [0, 0.1) is 23.2 Å². The molecule has 2 saturated carbocycles. The molecule has 15 heavy (non-hydrogen) atoms. The molecule has 0 saturated heterocycles. The lowest BCUT2D eigenvalue weighted by atomic mass is 9.67. The van der Waals surface area contributed by atoms with Gasteiger partial charge in [-0.2, -0.15) is 4.79 Å². The van der Waals surface area contributed by atoms with Gasteiger partial charge in [-0.05, 0) is 42.4 Å². The lowest BCUT2D eigenvalue weighted by molar-refractivity contribution is -0.118. The molecular weight excluding hydrogens is 188 g/mol. The Morgan fingerprint density at radius 1 is 1.53 bits per heavy atom. The van der Waals surface area contributed by atoms with Crippen molar-refractivity contribution in [1.29, 1.82) is 0 Å². The average Bonchev–Trinajstić information content (AvgIpc) is 2.69. The van der Waals surface area contributed by atoms with Crippen LogP contribution in [0.3, 0.4) is 0 Å². The largest absolute Gasteiger partial charge is 0.361 e. The van der Waals surface area contributed by atoms with E-state index < -0.39 is 0 Å². The third kappa shape index (κ3) is 1.65. The number of rotatable bonds is 3. The molecule has 82 valence electrons. The number of nitrogens with zero attached hydrogens (tertiary/aromatic N) is 2. The first-order valence-electron chi connectivity index (χ1n) is 5.76. The lowest BCUT2D eigenvalue weighted by Gasteiger charge is -2.37. The predicted octanol–water partition coefficient (Wildman–Crippen LogP) is 2.32. The van der Waals surface area contributed by atoms with Crippen LogP contribution in [0.1, 0.15) is 39.5 Å². The molecule has 0 heterocycles. The van der Waals surface area contributed by atoms with Crippen LogP contribution >= 0.6 is 0 Å². The minimum Gasteiger partial charge on any atom is -0.361 e. The highest BCUT2D eigenvalue weighted by Gasteiger charge is 2.52. The molecule has 2 aliphatic rings. The molecule has 3 atom stereocenters. The first-order chi connectivity index (χ1) is 7.05. The molecule has 0 radical (unpaired) electrons. The topological polar surface area (TPSA) is 53.5 Å². The molecule has 2 rings (SSSR count). The molecule has 0 aromatic heterocycles. The Hall–Kier alpha value is -0.950. The van der Waals surface area contributed by atoms with Crippen molar-refractivity contribution >= 4 is 12.0 Å². The molecule has 0 spiro atoms. The molecule has 0 N–H and O–H groups in total. The van der Waals surface area contributed by atoms with Crippen molar-refractivity contribution in [2.45, 2.75) is 39.5 Å². The quantitative estimate of drug-likeness (QED) is 0.397. The molecule has 2 fully saturated rings. The highest BCUT2D eigenvalue weighted by molar-refractivity contribution is 6.25. The summed E-state index contributed by atoms with van der Waals surface area (Å²) in [6.07, 6.45) is 5.50. The summed E-state index contributed by atoms with van der Waals surface area (Å²) < 4.78 is 0. The molecule has 0 amide bonds. The third-order valence-electron chi connectivity index (χ3n) is 4.67. The van der Waals surface area contributed by atoms with E-state index in [9.17, 15) is 4.79 Å². The maximum absolute atomic E-state index is 11.5. The van der Waals surface area contributed by atoms with E-state index in [-0.39, 0.29) is 5.78 Å². The summed E-state index contributed by atoms with van der Waals surface area (Å²) in [6, 6.07) is 0. The highest BCUT2D eigenvalue weighted by atomic mass is 16.1. The Morgan fingerprint density at radius 3 is 2.80 bits per heavy atom. The fourth-order valence-corrected chi connectivity index (χ4v) is 3.73. The SMILES string of the molecule is CC1(C)[C@@H]2CC[C@@H](C2)[C@H]1CC(=O)C=[N+]=[N-]. The second-order valence-corrected chi connectivity index (χ2v) is 5.61. The van der Waals surface area contributed by atoms with E-state index in [4.69, 9.17) is 5.53 Å². The van der Waals surface area contributed by atoms with E-state index in [0.29, 0.717) is 17.8 Å². The van der Waals surface area contributed by atoms with Gasteiger partial charge < -0.3 is 5.53 Å². The second kappa shape index (κ2) is 3.57. The van der Waals surface area contributed by atoms with Gasteiger partial charge in [-0.3, -0.25) is 4.79 Å². The van der Waals surface area contributed by atoms with Gasteiger partial charge in [-0.1, -0.05) is 13.8 Å². The van der Waals surface area contributed by atoms with Crippen LogP contribution in [0.4, 0.5) is 0 Å². The first kappa shape index (κ1) is 10.6. The van der Waals surface area contributed by atoms with Gasteiger partial charge in [0.2, 0.25) is 5.78 Å². The van der Waals surface area contributed by atoms with Crippen LogP contribution < -0.4 is 0 Å². The summed E-state index contributed by atoms with van der Waals surface area (Å²) in [4.78, 5) is 14.3. The monoisotopic (exact) mass is 206 g/mol. The van der Waals surface area contributed by atoms with Crippen LogP contribution in [0.15, 0.2) is 0 Å². The molecule has 3 nitrogen and oxygen atoms in total. The van der Waals surface area contributed by atoms with Crippen molar-refractivity contribution in [1.82, 2.24) is 0 Å². The minimum absolute atomic E-state index is 0.0388. The van der Waals surface area contributed by atoms with E-state index in [1.165, 1.54) is 19.3 Å². The molecule has 3 heteroatoms. The fraction of sp³-hybridized carbons (Fsp3) is 0.833. The lowest BCUT2D eigenvalue weighted by Crippen LogP contribution is -2.32. The smallest absolute Gasteiger partial charge is 0.323 e. The van der Waals surface area contributed by atoms with E-state index >= 15 is 0 Å². The Kier molecular flexibility index (Phi) is 2.51. The number of carbonyl (C=O) groups excluding carboxylic acids is 1. The van der Waals surface area contributed by atoms with E-state index in [2.05, 4.69) is 18.6 Å². The van der Waals surface area contributed by atoms with Gasteiger partial charge in [0.1, 0.15) is 0 Å². The van der Waals surface area contributed by atoms with Crippen LogP contribution in [0.2, 0.25) is 0 Å². The van der Waals surface area contributed by atoms with Crippen LogP contribution in [0.5, 0.6) is 0 Å². The molecule has 2 bridgehead atoms. The second-order valence-electron chi connectivity index (χ2n) is 5.61. The Bertz CT molecular complexity index is 329. The molecule has 2 aliphatic carbocycles. The minimum atomic E-state index is -0.0388. The van der Waals surface area contributed by atoms with Crippen molar-refractivity contribution in [3.63, 3.8) is 0 Å². The predicted molar refractivity (Wildman–Crippen MR) is 57.4 cm³/mol. The van der Waals surface area contributed by atoms with E-state index in [1.54, 1.807) is 0 Å². The standard InChI is InChI=1S/C12H18N2O/c1-12(2)9-4-3-8(5-9)11(12)6-10(15)7-14-13/h7-9,11H,3-6H2,1-2H3/t8-,9+,11+/m0/s1. The van der Waals surface area contributed by atoms with Crippen molar-refractivity contribution in [2.24, 2.45) is 23.2 Å². The molecule has 0 aromatic carbocycles. The third-order valence-corrected chi connectivity index (χ3v) is 4.67. The van der Waals surface area contributed by atoms with Gasteiger partial charge in [0.15, 0.2) is 0 Å². The van der Waals surface area contributed by atoms with Crippen molar-refractivity contribution in [3.05, 3.63) is 5.53 Å². The fourth-order valence-electron chi connectivity index (χ4n) is 3.73. The van der Waals surface area contributed by atoms with Crippen LogP contribution in [-0.4, -0.2) is 16.8 Å². The van der Waals surface area contributed by atoms with E-state index in [0.717, 1.165) is 18.1 Å². The molecular formula is C12H18N2O. The van der Waals surface area contributed by atoms with Crippen molar-refractivity contribution in [3.8, 4) is 0 Å². The van der Waals surface area contributed by atoms with Crippen LogP contribution in [-0.2, 0) is 4.79 Å². The molecule has 0 unspecified atom stereocenters. The van der Waals surface area contributed by atoms with Gasteiger partial charge >= 0.3 is 6.21 Å². The van der Waals surface area contributed by atoms with Crippen molar-refractivity contribution in [2.75, 3.05) is 0 Å². The summed E-state index contributed by atoms with van der Waals surface area (Å²) in [5.41, 5.74) is 8.61. The van der Waals surface area contributed by atoms with Crippen LogP contribution in [0.25, 0.3) is 5.53 Å². The normalized spacial score (nSPS) is 36.3. The first-order valence-corrected chi connectivity index (χ1v) is 5.76. The highest BCUT2D eigenvalue weighted by Crippen LogP contribution is 2.60. The average molecular weight is 206 g/mol.